The van der Waals surface area contributed by atoms with Gasteiger partial charge in [0.25, 0.3) is 5.69 Å². The highest BCUT2D eigenvalue weighted by molar-refractivity contribution is 7.99. The van der Waals surface area contributed by atoms with Gasteiger partial charge in [-0.3, -0.25) is 10.1 Å². The maximum Gasteiger partial charge on any atom is 0.283 e. The molecule has 2 rings (SSSR count). The number of halogens is 1. The van der Waals surface area contributed by atoms with Gasteiger partial charge in [-0.15, -0.1) is 0 Å². The van der Waals surface area contributed by atoms with Crippen LogP contribution in [0.3, 0.4) is 0 Å². The Kier molecular flexibility index (Phi) is 4.75. The number of nitrogens with zero attached hydrogens (tertiary/aromatic N) is 3. The fraction of sp³-hybridized carbons (Fsp3) is 0.167. The first kappa shape index (κ1) is 14.5. The van der Waals surface area contributed by atoms with Crippen molar-refractivity contribution in [1.82, 2.24) is 9.97 Å². The van der Waals surface area contributed by atoms with Crippen molar-refractivity contribution in [3.8, 4) is 0 Å². The monoisotopic (exact) mass is 310 g/mol. The zero-order valence-corrected chi connectivity index (χ0v) is 12.1. The second-order valence-corrected chi connectivity index (χ2v) is 5.14. The molecule has 0 spiro atoms. The van der Waals surface area contributed by atoms with Gasteiger partial charge in [-0.2, -0.15) is 0 Å². The van der Waals surface area contributed by atoms with Crippen LogP contribution in [0, 0.1) is 10.1 Å². The first-order chi connectivity index (χ1) is 9.61. The van der Waals surface area contributed by atoms with E-state index in [1.165, 1.54) is 12.3 Å². The molecule has 0 aliphatic carbocycles. The van der Waals surface area contributed by atoms with E-state index in [1.54, 1.807) is 18.2 Å². The summed E-state index contributed by atoms with van der Waals surface area (Å²) in [5, 5.41) is 14.8. The number of benzene rings is 1. The lowest BCUT2D eigenvalue weighted by Crippen LogP contribution is -2.02. The molecule has 104 valence electrons. The van der Waals surface area contributed by atoms with E-state index < -0.39 is 4.92 Å². The van der Waals surface area contributed by atoms with E-state index in [1.807, 2.05) is 6.92 Å². The average molecular weight is 311 g/mol. The van der Waals surface area contributed by atoms with Gasteiger partial charge in [0.05, 0.1) is 21.0 Å². The zero-order valence-electron chi connectivity index (χ0n) is 10.5. The molecule has 0 amide bonds. The minimum atomic E-state index is -0.428. The second kappa shape index (κ2) is 6.53. The first-order valence-corrected chi connectivity index (χ1v) is 6.99. The summed E-state index contributed by atoms with van der Waals surface area (Å²) >= 11 is 7.18. The van der Waals surface area contributed by atoms with Gasteiger partial charge in [0, 0.05) is 12.6 Å². The molecule has 0 aliphatic heterocycles. The predicted molar refractivity (Wildman–Crippen MR) is 78.4 cm³/mol. The Hall–Kier alpha value is -1.86. The van der Waals surface area contributed by atoms with E-state index in [-0.39, 0.29) is 5.69 Å². The Labute approximate surface area is 124 Å². The summed E-state index contributed by atoms with van der Waals surface area (Å²) in [6.07, 6.45) is 1.48. The Morgan fingerprint density at radius 1 is 1.45 bits per heavy atom. The molecular formula is C12H11ClN4O2S. The number of hydrogen-bond donors (Lipinski definition) is 1. The molecule has 1 heterocycles. The highest BCUT2D eigenvalue weighted by Crippen LogP contribution is 2.36. The molecule has 8 heteroatoms. The van der Waals surface area contributed by atoms with Crippen LogP contribution < -0.4 is 5.32 Å². The van der Waals surface area contributed by atoms with Gasteiger partial charge in [-0.25, -0.2) is 9.97 Å². The largest absolute Gasteiger partial charge is 0.354 e. The minimum Gasteiger partial charge on any atom is -0.354 e. The lowest BCUT2D eigenvalue weighted by molar-refractivity contribution is -0.387. The number of hydrogen-bond acceptors (Lipinski definition) is 6. The molecule has 20 heavy (non-hydrogen) atoms. The average Bonchev–Trinajstić information content (AvgIpc) is 2.43. The maximum absolute atomic E-state index is 11.0. The molecule has 2 aromatic rings. The molecule has 6 nitrogen and oxygen atoms in total. The summed E-state index contributed by atoms with van der Waals surface area (Å²) in [5.41, 5.74) is 0.0252. The highest BCUT2D eigenvalue weighted by atomic mass is 35.5. The van der Waals surface area contributed by atoms with Crippen molar-refractivity contribution in [2.75, 3.05) is 11.9 Å². The third-order valence-electron chi connectivity index (χ3n) is 2.32. The predicted octanol–water partition coefficient (Wildman–Crippen LogP) is 3.62. The van der Waals surface area contributed by atoms with Gasteiger partial charge >= 0.3 is 0 Å². The minimum absolute atomic E-state index is 0.0252. The molecular weight excluding hydrogens is 300 g/mol. The van der Waals surface area contributed by atoms with Gasteiger partial charge < -0.3 is 5.32 Å². The number of para-hydroxylation sites is 1. The maximum atomic E-state index is 11.0. The summed E-state index contributed by atoms with van der Waals surface area (Å²) in [5.74, 6) is 0.443. The quantitative estimate of drug-likeness (QED) is 0.516. The summed E-state index contributed by atoms with van der Waals surface area (Å²) in [6.45, 7) is 2.60. The van der Waals surface area contributed by atoms with E-state index in [2.05, 4.69) is 15.3 Å². The standard InChI is InChI=1S/C12H11ClN4O2S/c1-2-14-12-15-7-8(13)11(16-12)20-10-6-4-3-5-9(10)17(18)19/h3-7H,2H2,1H3,(H,14,15,16). The summed E-state index contributed by atoms with van der Waals surface area (Å²) in [7, 11) is 0. The number of nitrogens with one attached hydrogen (secondary N) is 1. The summed E-state index contributed by atoms with van der Waals surface area (Å²) in [4.78, 5) is 19.3. The van der Waals surface area contributed by atoms with Crippen LogP contribution in [0.5, 0.6) is 0 Å². The van der Waals surface area contributed by atoms with Crippen LogP contribution in [0.1, 0.15) is 6.92 Å². The lowest BCUT2D eigenvalue weighted by atomic mass is 10.3. The molecule has 1 N–H and O–H groups in total. The number of nitro benzene ring substituents is 1. The first-order valence-electron chi connectivity index (χ1n) is 5.79. The zero-order chi connectivity index (χ0) is 14.5. The highest BCUT2D eigenvalue weighted by Gasteiger charge is 2.16. The van der Waals surface area contributed by atoms with Gasteiger partial charge in [0.15, 0.2) is 0 Å². The lowest BCUT2D eigenvalue weighted by Gasteiger charge is -2.06. The summed E-state index contributed by atoms with van der Waals surface area (Å²) in [6, 6.07) is 6.46. The van der Waals surface area contributed by atoms with E-state index in [0.717, 1.165) is 11.8 Å². The van der Waals surface area contributed by atoms with E-state index in [4.69, 9.17) is 11.6 Å². The fourth-order valence-electron chi connectivity index (χ4n) is 1.46. The molecule has 0 saturated carbocycles. The third-order valence-corrected chi connectivity index (χ3v) is 3.77. The SMILES string of the molecule is CCNc1ncc(Cl)c(Sc2ccccc2[N+](=O)[O-])n1. The molecule has 0 fully saturated rings. The van der Waals surface area contributed by atoms with Gasteiger partial charge in [-0.05, 0) is 13.0 Å². The second-order valence-electron chi connectivity index (χ2n) is 3.70. The smallest absolute Gasteiger partial charge is 0.283 e. The topological polar surface area (TPSA) is 81.0 Å². The molecule has 1 aromatic heterocycles. The van der Waals surface area contributed by atoms with Crippen molar-refractivity contribution in [2.45, 2.75) is 16.8 Å². The Morgan fingerprint density at radius 3 is 2.90 bits per heavy atom. The van der Waals surface area contributed by atoms with Crippen LogP contribution in [0.15, 0.2) is 40.4 Å². The van der Waals surface area contributed by atoms with E-state index >= 15 is 0 Å². The van der Waals surface area contributed by atoms with E-state index in [0.29, 0.717) is 27.4 Å². The van der Waals surface area contributed by atoms with Gasteiger partial charge in [0.1, 0.15) is 5.03 Å². The number of aromatic nitrogens is 2. The van der Waals surface area contributed by atoms with Crippen molar-refractivity contribution in [1.29, 1.82) is 0 Å². The van der Waals surface area contributed by atoms with Gasteiger partial charge in [0.2, 0.25) is 5.95 Å². The third kappa shape index (κ3) is 3.37. The molecule has 0 unspecified atom stereocenters. The molecule has 0 atom stereocenters. The fourth-order valence-corrected chi connectivity index (χ4v) is 2.56. The van der Waals surface area contributed by atoms with Crippen LogP contribution >= 0.6 is 23.4 Å². The molecule has 0 aliphatic rings. The van der Waals surface area contributed by atoms with Crippen LogP contribution in [-0.2, 0) is 0 Å². The van der Waals surface area contributed by atoms with Crippen molar-refractivity contribution in [3.63, 3.8) is 0 Å². The van der Waals surface area contributed by atoms with Crippen LogP contribution in [0.2, 0.25) is 5.02 Å². The Balaban J connectivity index is 2.34. The molecule has 0 bridgehead atoms. The van der Waals surface area contributed by atoms with E-state index in [9.17, 15) is 10.1 Å². The Bertz CT molecular complexity index is 639. The van der Waals surface area contributed by atoms with Crippen LogP contribution in [0.25, 0.3) is 0 Å². The van der Waals surface area contributed by atoms with Crippen LogP contribution in [0.4, 0.5) is 11.6 Å². The summed E-state index contributed by atoms with van der Waals surface area (Å²) < 4.78 is 0. The van der Waals surface area contributed by atoms with Crippen molar-refractivity contribution in [3.05, 3.63) is 45.6 Å². The van der Waals surface area contributed by atoms with Crippen LogP contribution in [-0.4, -0.2) is 21.4 Å². The molecule has 1 aromatic carbocycles. The van der Waals surface area contributed by atoms with Crippen molar-refractivity contribution < 1.29 is 4.92 Å². The number of nitro groups is 1. The van der Waals surface area contributed by atoms with Crippen molar-refractivity contribution in [2.24, 2.45) is 0 Å². The Morgan fingerprint density at radius 2 is 2.20 bits per heavy atom. The molecule has 0 radical (unpaired) electrons. The number of rotatable bonds is 5. The molecule has 0 saturated heterocycles. The van der Waals surface area contributed by atoms with Crippen molar-refractivity contribution >= 4 is 35.0 Å². The normalized spacial score (nSPS) is 10.3. The van der Waals surface area contributed by atoms with Gasteiger partial charge in [-0.1, -0.05) is 35.5 Å². The number of anilines is 1.